The van der Waals surface area contributed by atoms with Gasteiger partial charge in [0.1, 0.15) is 11.6 Å². The van der Waals surface area contributed by atoms with E-state index in [1.807, 2.05) is 0 Å². The summed E-state index contributed by atoms with van der Waals surface area (Å²) in [5, 5.41) is 11.8. The molecule has 1 atom stereocenters. The molecule has 0 aliphatic heterocycles. The van der Waals surface area contributed by atoms with E-state index in [2.05, 4.69) is 5.32 Å². The Balaban J connectivity index is 2.19. The molecule has 0 radical (unpaired) electrons. The van der Waals surface area contributed by atoms with E-state index in [9.17, 15) is 31.9 Å². The van der Waals surface area contributed by atoms with Crippen LogP contribution in [0.1, 0.15) is 22.8 Å². The molecular weight excluding hydrogens is 333 g/mol. The minimum atomic E-state index is -4.87. The number of anilines is 1. The Kier molecular flexibility index (Phi) is 4.61. The zero-order valence-corrected chi connectivity index (χ0v) is 12.3. The minimum Gasteiger partial charge on any atom is -0.376 e. The number of halogens is 5. The van der Waals surface area contributed by atoms with Gasteiger partial charge in [0.05, 0.1) is 5.56 Å². The highest BCUT2D eigenvalue weighted by atomic mass is 19.4. The molecule has 8 heteroatoms. The van der Waals surface area contributed by atoms with Crippen molar-refractivity contribution in [2.75, 3.05) is 5.32 Å². The van der Waals surface area contributed by atoms with Gasteiger partial charge in [-0.05, 0) is 36.8 Å². The number of carbonyl (C=O) groups excluding carboxylic acids is 1. The van der Waals surface area contributed by atoms with Crippen LogP contribution >= 0.6 is 0 Å². The maximum Gasteiger partial charge on any atom is 0.421 e. The lowest BCUT2D eigenvalue weighted by Crippen LogP contribution is -2.39. The predicted molar refractivity (Wildman–Crippen MR) is 76.4 cm³/mol. The van der Waals surface area contributed by atoms with E-state index in [-0.39, 0.29) is 5.69 Å². The third-order valence-corrected chi connectivity index (χ3v) is 3.43. The highest BCUT2D eigenvalue weighted by Crippen LogP contribution is 2.38. The van der Waals surface area contributed by atoms with Gasteiger partial charge in [-0.2, -0.15) is 13.2 Å². The first-order valence-electron chi connectivity index (χ1n) is 6.68. The predicted octanol–water partition coefficient (Wildman–Crippen LogP) is 3.99. The molecular formula is C16H12F5NO2. The van der Waals surface area contributed by atoms with Crippen molar-refractivity contribution in [3.8, 4) is 0 Å². The molecule has 2 rings (SSSR count). The lowest BCUT2D eigenvalue weighted by atomic mass is 9.95. The first-order chi connectivity index (χ1) is 11.0. The van der Waals surface area contributed by atoms with Crippen molar-refractivity contribution in [3.63, 3.8) is 0 Å². The largest absolute Gasteiger partial charge is 0.421 e. The van der Waals surface area contributed by atoms with Crippen LogP contribution in [0, 0.1) is 11.6 Å². The number of amides is 1. The van der Waals surface area contributed by atoms with Gasteiger partial charge in [0.15, 0.2) is 5.60 Å². The lowest BCUT2D eigenvalue weighted by molar-refractivity contribution is -0.258. The standard InChI is InChI=1S/C16H12F5NO2/c1-15(24,16(19,20)21)9-2-5-11(6-3-9)22-14(23)12-7-4-10(17)8-13(12)18/h2-8,24H,1H3,(H,22,23). The Labute approximate surface area is 133 Å². The molecule has 1 amide bonds. The third-order valence-electron chi connectivity index (χ3n) is 3.43. The first-order valence-corrected chi connectivity index (χ1v) is 6.68. The van der Waals surface area contributed by atoms with E-state index in [1.54, 1.807) is 0 Å². The van der Waals surface area contributed by atoms with E-state index in [1.165, 1.54) is 0 Å². The van der Waals surface area contributed by atoms with Gasteiger partial charge in [0.2, 0.25) is 0 Å². The fraction of sp³-hybridized carbons (Fsp3) is 0.188. The zero-order chi connectivity index (χ0) is 18.1. The molecule has 0 spiro atoms. The number of benzene rings is 2. The van der Waals surface area contributed by atoms with E-state index >= 15 is 0 Å². The number of alkyl halides is 3. The number of hydrogen-bond donors (Lipinski definition) is 2. The Bertz CT molecular complexity index is 754. The van der Waals surface area contributed by atoms with E-state index in [0.717, 1.165) is 36.4 Å². The molecule has 2 N–H and O–H groups in total. The Hall–Kier alpha value is -2.48. The van der Waals surface area contributed by atoms with Gasteiger partial charge >= 0.3 is 6.18 Å². The molecule has 0 aliphatic carbocycles. The average Bonchev–Trinajstić information content (AvgIpc) is 2.46. The summed E-state index contributed by atoms with van der Waals surface area (Å²) >= 11 is 0. The van der Waals surface area contributed by atoms with Gasteiger partial charge in [-0.25, -0.2) is 8.78 Å². The van der Waals surface area contributed by atoms with Gasteiger partial charge in [-0.15, -0.1) is 0 Å². The lowest BCUT2D eigenvalue weighted by Gasteiger charge is -2.26. The molecule has 0 fully saturated rings. The summed E-state index contributed by atoms with van der Waals surface area (Å²) in [7, 11) is 0. The molecule has 1 unspecified atom stereocenters. The summed E-state index contributed by atoms with van der Waals surface area (Å²) in [6.07, 6.45) is -4.87. The zero-order valence-electron chi connectivity index (χ0n) is 12.3. The van der Waals surface area contributed by atoms with E-state index in [4.69, 9.17) is 0 Å². The summed E-state index contributed by atoms with van der Waals surface area (Å²) in [6, 6.07) is 6.64. The van der Waals surface area contributed by atoms with Crippen LogP contribution in [0.4, 0.5) is 27.6 Å². The smallest absolute Gasteiger partial charge is 0.376 e. The highest BCUT2D eigenvalue weighted by Gasteiger charge is 2.51. The second kappa shape index (κ2) is 6.20. The number of nitrogens with one attached hydrogen (secondary N) is 1. The maximum absolute atomic E-state index is 13.5. The number of aliphatic hydroxyl groups is 1. The van der Waals surface area contributed by atoms with Gasteiger partial charge < -0.3 is 10.4 Å². The molecule has 0 heterocycles. The molecule has 24 heavy (non-hydrogen) atoms. The van der Waals surface area contributed by atoms with Crippen molar-refractivity contribution in [1.29, 1.82) is 0 Å². The molecule has 128 valence electrons. The molecule has 0 aliphatic rings. The molecule has 0 bridgehead atoms. The summed E-state index contributed by atoms with van der Waals surface area (Å²) in [6.45, 7) is 0.606. The third kappa shape index (κ3) is 3.53. The minimum absolute atomic E-state index is 0.0884. The second-order valence-corrected chi connectivity index (χ2v) is 5.23. The van der Waals surface area contributed by atoms with Crippen LogP contribution in [0.15, 0.2) is 42.5 Å². The van der Waals surface area contributed by atoms with Crippen LogP contribution in [0.25, 0.3) is 0 Å². The Morgan fingerprint density at radius 1 is 1.04 bits per heavy atom. The Morgan fingerprint density at radius 2 is 1.62 bits per heavy atom. The maximum atomic E-state index is 13.5. The molecule has 3 nitrogen and oxygen atoms in total. The fourth-order valence-corrected chi connectivity index (χ4v) is 1.91. The first kappa shape index (κ1) is 17.9. The van der Waals surface area contributed by atoms with Gasteiger partial charge in [0.25, 0.3) is 5.91 Å². The summed E-state index contributed by atoms with van der Waals surface area (Å²) < 4.78 is 64.5. The van der Waals surface area contributed by atoms with Crippen LogP contribution < -0.4 is 5.32 Å². The Morgan fingerprint density at radius 3 is 2.12 bits per heavy atom. The number of carbonyl (C=O) groups is 1. The van der Waals surface area contributed by atoms with Gasteiger partial charge in [0, 0.05) is 11.8 Å². The topological polar surface area (TPSA) is 49.3 Å². The van der Waals surface area contributed by atoms with Crippen molar-refractivity contribution in [3.05, 3.63) is 65.2 Å². The van der Waals surface area contributed by atoms with Crippen molar-refractivity contribution in [2.24, 2.45) is 0 Å². The van der Waals surface area contributed by atoms with E-state index in [0.29, 0.717) is 13.0 Å². The van der Waals surface area contributed by atoms with E-state index < -0.39 is 40.4 Å². The number of hydrogen-bond acceptors (Lipinski definition) is 2. The van der Waals surface area contributed by atoms with Gasteiger partial charge in [-0.1, -0.05) is 12.1 Å². The molecule has 0 aromatic heterocycles. The highest BCUT2D eigenvalue weighted by molar-refractivity contribution is 6.04. The van der Waals surface area contributed by atoms with Crippen molar-refractivity contribution >= 4 is 11.6 Å². The van der Waals surface area contributed by atoms with Crippen molar-refractivity contribution < 1.29 is 31.9 Å². The van der Waals surface area contributed by atoms with Crippen LogP contribution in [-0.2, 0) is 5.60 Å². The molecule has 2 aromatic rings. The molecule has 2 aromatic carbocycles. The average molecular weight is 345 g/mol. The molecule has 0 saturated carbocycles. The van der Waals surface area contributed by atoms with Crippen molar-refractivity contribution in [1.82, 2.24) is 0 Å². The van der Waals surface area contributed by atoms with Crippen LogP contribution in [0.2, 0.25) is 0 Å². The quantitative estimate of drug-likeness (QED) is 0.827. The van der Waals surface area contributed by atoms with Crippen molar-refractivity contribution in [2.45, 2.75) is 18.7 Å². The summed E-state index contributed by atoms with van der Waals surface area (Å²) in [5.74, 6) is -2.80. The fourth-order valence-electron chi connectivity index (χ4n) is 1.91. The monoisotopic (exact) mass is 345 g/mol. The normalized spacial score (nSPS) is 14.1. The number of rotatable bonds is 3. The van der Waals surface area contributed by atoms with Crippen LogP contribution in [0.3, 0.4) is 0 Å². The summed E-state index contributed by atoms with van der Waals surface area (Å²) in [5.41, 5.74) is -3.78. The van der Waals surface area contributed by atoms with Gasteiger partial charge in [-0.3, -0.25) is 4.79 Å². The van der Waals surface area contributed by atoms with Crippen LogP contribution in [0.5, 0.6) is 0 Å². The SMILES string of the molecule is CC(O)(c1ccc(NC(=O)c2ccc(F)cc2F)cc1)C(F)(F)F. The summed E-state index contributed by atoms with van der Waals surface area (Å²) in [4.78, 5) is 11.9. The second-order valence-electron chi connectivity index (χ2n) is 5.23. The van der Waals surface area contributed by atoms with Crippen LogP contribution in [-0.4, -0.2) is 17.2 Å². The molecule has 0 saturated heterocycles.